The number of hydrogen-bond donors (Lipinski definition) is 2. The van der Waals surface area contributed by atoms with E-state index in [1.54, 1.807) is 27.5 Å². The first-order valence-electron chi connectivity index (χ1n) is 12.6. The van der Waals surface area contributed by atoms with Crippen LogP contribution in [0.5, 0.6) is 0 Å². The van der Waals surface area contributed by atoms with Crippen molar-refractivity contribution in [1.82, 2.24) is 0 Å². The van der Waals surface area contributed by atoms with E-state index in [2.05, 4.69) is 0 Å². The Hall–Kier alpha value is -1.30. The Morgan fingerprint density at radius 3 is 2.49 bits per heavy atom. The Labute approximate surface area is 205 Å². The molecule has 0 aromatic heterocycles. The summed E-state index contributed by atoms with van der Waals surface area (Å²) in [6.07, 6.45) is 1.75. The van der Waals surface area contributed by atoms with Gasteiger partial charge in [0.05, 0.1) is 29.1 Å². The van der Waals surface area contributed by atoms with E-state index in [1.807, 2.05) is 0 Å². The molecule has 0 aromatic carbocycles. The van der Waals surface area contributed by atoms with Crippen LogP contribution in [0.15, 0.2) is 0 Å². The second kappa shape index (κ2) is 7.39. The first-order valence-corrected chi connectivity index (χ1v) is 12.6. The summed E-state index contributed by atoms with van der Waals surface area (Å²) in [5, 5.41) is 39.4. The molecule has 1 aliphatic heterocycles. The van der Waals surface area contributed by atoms with E-state index in [-0.39, 0.29) is 43.2 Å². The molecule has 10 heteroatoms. The van der Waals surface area contributed by atoms with Gasteiger partial charge in [0.15, 0.2) is 11.8 Å². The maximum Gasteiger partial charge on any atom is 0.302 e. The molecule has 1 heterocycles. The molecule has 5 fully saturated rings. The lowest BCUT2D eigenvalue weighted by molar-refractivity contribution is -0.576. The van der Waals surface area contributed by atoms with Crippen LogP contribution < -0.4 is 0 Å². The van der Waals surface area contributed by atoms with Gasteiger partial charge in [-0.1, -0.05) is 0 Å². The molecule has 13 atom stereocenters. The highest BCUT2D eigenvalue weighted by Gasteiger charge is 2.94. The van der Waals surface area contributed by atoms with Gasteiger partial charge in [0.1, 0.15) is 18.3 Å². The molecule has 5 saturated carbocycles. The Morgan fingerprint density at radius 2 is 1.89 bits per heavy atom. The number of nitrogens with zero attached hydrogens (tertiary/aromatic N) is 1. The summed E-state index contributed by atoms with van der Waals surface area (Å²) < 4.78 is 30.5. The van der Waals surface area contributed by atoms with Crippen molar-refractivity contribution in [3.8, 4) is 0 Å². The fourth-order valence-electron chi connectivity index (χ4n) is 10.5. The number of rotatable bonds is 6. The van der Waals surface area contributed by atoms with Gasteiger partial charge in [-0.15, -0.1) is 0 Å². The normalized spacial score (nSPS) is 57.1. The van der Waals surface area contributed by atoms with Crippen molar-refractivity contribution in [3.05, 3.63) is 5.21 Å². The summed E-state index contributed by atoms with van der Waals surface area (Å²) in [6.45, 7) is 1.37. The van der Waals surface area contributed by atoms with E-state index in [0.29, 0.717) is 19.3 Å². The number of hydroxylamine groups is 1. The third-order valence-electron chi connectivity index (χ3n) is 11.1. The lowest BCUT2D eigenvalue weighted by Crippen LogP contribution is -2.80. The Balaban J connectivity index is 1.65. The van der Waals surface area contributed by atoms with Gasteiger partial charge in [-0.25, -0.2) is 4.74 Å². The number of carbonyl (C=O) groups excluding carboxylic acids is 1. The Bertz CT molecular complexity index is 959. The highest BCUT2D eigenvalue weighted by Crippen LogP contribution is 2.79. The molecule has 7 bridgehead atoms. The van der Waals surface area contributed by atoms with Crippen molar-refractivity contribution < 1.29 is 43.4 Å². The number of carbonyl (C=O) groups is 1. The fraction of sp³-hybridized carbons (Fsp3) is 0.920. The van der Waals surface area contributed by atoms with Crippen LogP contribution in [0.2, 0.25) is 0 Å². The zero-order chi connectivity index (χ0) is 25.1. The summed E-state index contributed by atoms with van der Waals surface area (Å²) in [6, 6.07) is -0.973. The molecule has 196 valence electrons. The average Bonchev–Trinajstić information content (AvgIpc) is 3.25. The highest BCUT2D eigenvalue weighted by molar-refractivity contribution is 5.69. The van der Waals surface area contributed by atoms with E-state index >= 15 is 0 Å². The summed E-state index contributed by atoms with van der Waals surface area (Å²) >= 11 is 0. The summed E-state index contributed by atoms with van der Waals surface area (Å²) in [7, 11) is 6.43. The maximum absolute atomic E-state index is 14.0. The SMILES string of the molecule is CO[C@H]1[C@@H]2C[C@@H]3[C@H]1[C@](O)(C[C@@H]2OC)[C@@]1(O)C2[N+]([O-])=C[C@]4(COC(C)=O)CC[C@H](OC)[C@@]23[C@@H]4[C@@H]1OC. The average molecular weight is 496 g/mol. The molecule has 1 unspecified atom stereocenters. The van der Waals surface area contributed by atoms with Crippen LogP contribution >= 0.6 is 0 Å². The van der Waals surface area contributed by atoms with Crippen molar-refractivity contribution >= 4 is 12.2 Å². The van der Waals surface area contributed by atoms with E-state index in [0.717, 1.165) is 4.74 Å². The van der Waals surface area contributed by atoms with Crippen LogP contribution in [0.25, 0.3) is 0 Å². The van der Waals surface area contributed by atoms with Gasteiger partial charge >= 0.3 is 5.97 Å². The van der Waals surface area contributed by atoms with Crippen LogP contribution in [0.3, 0.4) is 0 Å². The van der Waals surface area contributed by atoms with Crippen LogP contribution in [-0.4, -0.2) is 104 Å². The maximum atomic E-state index is 14.0. The summed E-state index contributed by atoms with van der Waals surface area (Å²) in [5.74, 6) is -1.39. The molecule has 0 radical (unpaired) electrons. The Kier molecular flexibility index (Phi) is 5.08. The van der Waals surface area contributed by atoms with Gasteiger partial charge in [-0.3, -0.25) is 4.79 Å². The molecule has 0 aromatic rings. The van der Waals surface area contributed by atoms with Crippen molar-refractivity contribution in [2.24, 2.45) is 34.5 Å². The number of fused-ring (bicyclic) bond motifs is 2. The minimum atomic E-state index is -1.91. The molecule has 0 amide bonds. The third kappa shape index (κ3) is 2.38. The minimum absolute atomic E-state index is 0.0141. The van der Waals surface area contributed by atoms with E-state index < -0.39 is 52.0 Å². The quantitative estimate of drug-likeness (QED) is 0.299. The monoisotopic (exact) mass is 495 g/mol. The van der Waals surface area contributed by atoms with Gasteiger partial charge in [0.2, 0.25) is 6.04 Å². The fourth-order valence-corrected chi connectivity index (χ4v) is 10.5. The second-order valence-corrected chi connectivity index (χ2v) is 11.8. The largest absolute Gasteiger partial charge is 0.624 e. The van der Waals surface area contributed by atoms with Crippen molar-refractivity contribution in [2.45, 2.75) is 74.3 Å². The molecule has 10 nitrogen and oxygen atoms in total. The number of hydrogen-bond acceptors (Lipinski definition) is 9. The number of ether oxygens (including phenoxy) is 5. The van der Waals surface area contributed by atoms with Crippen molar-refractivity contribution in [3.63, 3.8) is 0 Å². The molecule has 6 aliphatic rings. The van der Waals surface area contributed by atoms with E-state index in [9.17, 15) is 20.2 Å². The van der Waals surface area contributed by atoms with Gasteiger partial charge in [0, 0.05) is 59.5 Å². The zero-order valence-electron chi connectivity index (χ0n) is 21.0. The first-order chi connectivity index (χ1) is 16.6. The summed E-state index contributed by atoms with van der Waals surface area (Å²) in [4.78, 5) is 11.9. The highest BCUT2D eigenvalue weighted by atomic mass is 16.5. The third-order valence-corrected chi connectivity index (χ3v) is 11.1. The topological polar surface area (TPSA) is 130 Å². The molecule has 5 aliphatic carbocycles. The molecular weight excluding hydrogens is 458 g/mol. The van der Waals surface area contributed by atoms with Gasteiger partial charge in [-0.05, 0) is 25.2 Å². The molecule has 35 heavy (non-hydrogen) atoms. The van der Waals surface area contributed by atoms with Gasteiger partial charge in [-0.2, -0.15) is 0 Å². The van der Waals surface area contributed by atoms with Crippen LogP contribution in [-0.2, 0) is 28.5 Å². The molecule has 0 saturated heterocycles. The van der Waals surface area contributed by atoms with Crippen LogP contribution in [0.4, 0.5) is 0 Å². The number of aliphatic hydroxyl groups is 2. The number of esters is 1. The van der Waals surface area contributed by atoms with Gasteiger partial charge < -0.3 is 39.1 Å². The standard InChI is InChI=1S/C25H37NO9/c1-12(27)35-11-22-7-6-16(32-3)24-14-8-13-15(31-2)9-23(28,17(14)18(13)33-4)25(29,20(34-5)19(22)24)21(24)26(30)10-22/h10,13-21,28-29H,6-9,11H2,1-5H3/t13-,14-,15+,16+,17-,18+,19-,20+,21?,22+,23-,24+,25+/m1/s1. The predicted octanol–water partition coefficient (Wildman–Crippen LogP) is 0.101. The van der Waals surface area contributed by atoms with Crippen molar-refractivity contribution in [2.75, 3.05) is 35.0 Å². The summed E-state index contributed by atoms with van der Waals surface area (Å²) in [5.41, 5.74) is -5.26. The van der Waals surface area contributed by atoms with E-state index in [1.165, 1.54) is 14.0 Å². The lowest BCUT2D eigenvalue weighted by atomic mass is 9.44. The van der Waals surface area contributed by atoms with Gasteiger partial charge in [0.25, 0.3) is 0 Å². The Morgan fingerprint density at radius 1 is 1.14 bits per heavy atom. The number of methoxy groups -OCH3 is 4. The van der Waals surface area contributed by atoms with Crippen LogP contribution in [0, 0.1) is 39.7 Å². The van der Waals surface area contributed by atoms with Crippen LogP contribution in [0.1, 0.15) is 32.6 Å². The van der Waals surface area contributed by atoms with Crippen molar-refractivity contribution in [1.29, 1.82) is 0 Å². The molecule has 6 rings (SSSR count). The molecule has 2 N–H and O–H groups in total. The molecule has 1 spiro atoms. The first kappa shape index (κ1) is 24.1. The lowest BCUT2D eigenvalue weighted by Gasteiger charge is -2.64. The molecular formula is C25H37NO9. The smallest absolute Gasteiger partial charge is 0.302 e. The minimum Gasteiger partial charge on any atom is -0.624 e. The second-order valence-electron chi connectivity index (χ2n) is 11.8. The predicted molar refractivity (Wildman–Crippen MR) is 120 cm³/mol. The van der Waals surface area contributed by atoms with E-state index in [4.69, 9.17) is 23.7 Å². The zero-order valence-corrected chi connectivity index (χ0v) is 21.0.